The topological polar surface area (TPSA) is 29.5 Å². The van der Waals surface area contributed by atoms with E-state index in [0.29, 0.717) is 11.1 Å². The Kier molecular flexibility index (Phi) is 5.92. The van der Waals surface area contributed by atoms with E-state index in [9.17, 15) is 13.9 Å². The molecule has 0 atom stereocenters. The van der Waals surface area contributed by atoms with E-state index in [0.717, 1.165) is 11.1 Å². The minimum absolute atomic E-state index is 0.0273. The summed E-state index contributed by atoms with van der Waals surface area (Å²) in [5, 5.41) is 10.5. The Morgan fingerprint density at radius 1 is 0.759 bits per heavy atom. The molecule has 0 aliphatic heterocycles. The van der Waals surface area contributed by atoms with E-state index in [2.05, 4.69) is 0 Å². The van der Waals surface area contributed by atoms with Crippen LogP contribution in [0.15, 0.2) is 66.7 Å². The lowest BCUT2D eigenvalue weighted by Crippen LogP contribution is -2.22. The van der Waals surface area contributed by atoms with Crippen LogP contribution in [0.3, 0.4) is 0 Å². The van der Waals surface area contributed by atoms with Gasteiger partial charge in [-0.15, -0.1) is 0 Å². The molecule has 3 aromatic rings. The zero-order valence-electron chi connectivity index (χ0n) is 17.1. The van der Waals surface area contributed by atoms with Crippen molar-refractivity contribution in [1.82, 2.24) is 0 Å². The Balaban J connectivity index is 2.13. The molecule has 0 aliphatic rings. The van der Waals surface area contributed by atoms with Gasteiger partial charge in [0.15, 0.2) is 0 Å². The van der Waals surface area contributed by atoms with Crippen LogP contribution in [0.4, 0.5) is 8.78 Å². The van der Waals surface area contributed by atoms with Crippen LogP contribution in [-0.4, -0.2) is 5.11 Å². The molecule has 0 amide bonds. The van der Waals surface area contributed by atoms with Crippen molar-refractivity contribution in [2.75, 3.05) is 0 Å². The highest BCUT2D eigenvalue weighted by molar-refractivity contribution is 5.77. The van der Waals surface area contributed by atoms with Crippen LogP contribution in [0.2, 0.25) is 0 Å². The predicted octanol–water partition coefficient (Wildman–Crippen LogP) is 7.43. The van der Waals surface area contributed by atoms with Gasteiger partial charge >= 0.3 is 6.11 Å². The molecule has 3 rings (SSSR count). The first kappa shape index (κ1) is 20.8. The molecule has 0 saturated heterocycles. The van der Waals surface area contributed by atoms with Crippen LogP contribution in [0, 0.1) is 0 Å². The molecular formula is C25H26F2O2. The van der Waals surface area contributed by atoms with Gasteiger partial charge in [0.05, 0.1) is 5.56 Å². The smallest absolute Gasteiger partial charge is 0.426 e. The summed E-state index contributed by atoms with van der Waals surface area (Å²) in [5.41, 5.74) is 2.70. The van der Waals surface area contributed by atoms with E-state index in [1.165, 1.54) is 12.1 Å². The second kappa shape index (κ2) is 8.24. The summed E-state index contributed by atoms with van der Waals surface area (Å²) in [6.07, 6.45) is -3.50. The number of aromatic hydroxyl groups is 1. The molecule has 2 nitrogen and oxygen atoms in total. The largest absolute Gasteiger partial charge is 0.507 e. The molecule has 0 spiro atoms. The van der Waals surface area contributed by atoms with Gasteiger partial charge in [0, 0.05) is 11.1 Å². The summed E-state index contributed by atoms with van der Waals surface area (Å²) in [6, 6.07) is 17.9. The van der Waals surface area contributed by atoms with Crippen molar-refractivity contribution in [2.45, 2.75) is 45.6 Å². The molecule has 0 fully saturated rings. The Bertz CT molecular complexity index is 979. The van der Waals surface area contributed by atoms with Crippen molar-refractivity contribution >= 4 is 0 Å². The standard InChI is InChI=1S/C25H26F2O2/c1-16(2)18-10-12-23(28)21(14-18)22-15-19(17(3)4)11-13-24(22)29-25(26,27)20-8-6-5-7-9-20/h5-17,28H,1-4H3. The predicted molar refractivity (Wildman–Crippen MR) is 113 cm³/mol. The quantitative estimate of drug-likeness (QED) is 0.469. The molecule has 1 N–H and O–H groups in total. The molecule has 4 heteroatoms. The fraction of sp³-hybridized carbons (Fsp3) is 0.280. The lowest BCUT2D eigenvalue weighted by Gasteiger charge is -2.22. The Hall–Kier alpha value is -2.88. The summed E-state index contributed by atoms with van der Waals surface area (Å²) in [4.78, 5) is 0. The maximum Gasteiger partial charge on any atom is 0.426 e. The summed E-state index contributed by atoms with van der Waals surface area (Å²) in [5.74, 6) is 0.494. The van der Waals surface area contributed by atoms with Gasteiger partial charge < -0.3 is 9.84 Å². The van der Waals surface area contributed by atoms with Crippen LogP contribution < -0.4 is 4.74 Å². The highest BCUT2D eigenvalue weighted by Crippen LogP contribution is 2.42. The van der Waals surface area contributed by atoms with Gasteiger partial charge in [0.2, 0.25) is 0 Å². The zero-order valence-corrected chi connectivity index (χ0v) is 17.1. The van der Waals surface area contributed by atoms with Crippen LogP contribution in [0.5, 0.6) is 11.5 Å². The fourth-order valence-electron chi connectivity index (χ4n) is 3.16. The Labute approximate surface area is 170 Å². The van der Waals surface area contributed by atoms with Gasteiger partial charge in [-0.1, -0.05) is 58.0 Å². The summed E-state index contributed by atoms with van der Waals surface area (Å²) >= 11 is 0. The van der Waals surface area contributed by atoms with Crippen LogP contribution in [0.25, 0.3) is 11.1 Å². The fourth-order valence-corrected chi connectivity index (χ4v) is 3.16. The zero-order chi connectivity index (χ0) is 21.2. The molecule has 0 bridgehead atoms. The van der Waals surface area contributed by atoms with Crippen molar-refractivity contribution in [1.29, 1.82) is 0 Å². The van der Waals surface area contributed by atoms with E-state index in [-0.39, 0.29) is 28.9 Å². The molecule has 152 valence electrons. The number of benzene rings is 3. The maximum atomic E-state index is 14.8. The van der Waals surface area contributed by atoms with Gasteiger partial charge in [-0.25, -0.2) is 0 Å². The third kappa shape index (κ3) is 4.58. The van der Waals surface area contributed by atoms with Gasteiger partial charge in [-0.3, -0.25) is 0 Å². The Morgan fingerprint density at radius 2 is 1.31 bits per heavy atom. The number of phenols is 1. The monoisotopic (exact) mass is 396 g/mol. The number of hydrogen-bond donors (Lipinski definition) is 1. The van der Waals surface area contributed by atoms with Crippen LogP contribution in [-0.2, 0) is 6.11 Å². The minimum Gasteiger partial charge on any atom is -0.507 e. The van der Waals surface area contributed by atoms with E-state index in [1.54, 1.807) is 36.4 Å². The summed E-state index contributed by atoms with van der Waals surface area (Å²) in [7, 11) is 0. The lowest BCUT2D eigenvalue weighted by molar-refractivity contribution is -0.185. The molecule has 0 radical (unpaired) electrons. The van der Waals surface area contributed by atoms with Gasteiger partial charge in [-0.05, 0) is 59.4 Å². The minimum atomic E-state index is -3.50. The average molecular weight is 396 g/mol. The van der Waals surface area contributed by atoms with Gasteiger partial charge in [0.1, 0.15) is 11.5 Å². The molecule has 0 unspecified atom stereocenters. The molecule has 0 aliphatic carbocycles. The molecule has 0 saturated carbocycles. The SMILES string of the molecule is CC(C)c1ccc(O)c(-c2cc(C(C)C)ccc2OC(F)(F)c2ccccc2)c1. The van der Waals surface area contributed by atoms with E-state index >= 15 is 0 Å². The highest BCUT2D eigenvalue weighted by Gasteiger charge is 2.35. The number of phenolic OH excluding ortho intramolecular Hbond substituents is 1. The lowest BCUT2D eigenvalue weighted by atomic mass is 9.93. The maximum absolute atomic E-state index is 14.8. The molecule has 29 heavy (non-hydrogen) atoms. The van der Waals surface area contributed by atoms with Crippen LogP contribution >= 0.6 is 0 Å². The second-order valence-electron chi connectivity index (χ2n) is 7.83. The Morgan fingerprint density at radius 3 is 1.90 bits per heavy atom. The van der Waals surface area contributed by atoms with Gasteiger partial charge in [0.25, 0.3) is 0 Å². The van der Waals surface area contributed by atoms with Crippen molar-refractivity contribution < 1.29 is 18.6 Å². The molecule has 3 aromatic carbocycles. The second-order valence-corrected chi connectivity index (χ2v) is 7.83. The molecule has 0 aromatic heterocycles. The van der Waals surface area contributed by atoms with E-state index in [4.69, 9.17) is 4.74 Å². The first-order valence-corrected chi connectivity index (χ1v) is 9.78. The number of halogens is 2. The number of rotatable bonds is 6. The normalized spacial score (nSPS) is 11.9. The number of ether oxygens (including phenoxy) is 1. The number of hydrogen-bond acceptors (Lipinski definition) is 2. The first-order valence-electron chi connectivity index (χ1n) is 9.78. The van der Waals surface area contributed by atoms with Crippen LogP contribution in [0.1, 0.15) is 56.2 Å². The number of alkyl halides is 2. The molecule has 0 heterocycles. The van der Waals surface area contributed by atoms with Gasteiger partial charge in [-0.2, -0.15) is 8.78 Å². The van der Waals surface area contributed by atoms with Crippen molar-refractivity contribution in [3.8, 4) is 22.6 Å². The highest BCUT2D eigenvalue weighted by atomic mass is 19.3. The molecular weight excluding hydrogens is 370 g/mol. The summed E-state index contributed by atoms with van der Waals surface area (Å²) in [6.45, 7) is 8.15. The summed E-state index contributed by atoms with van der Waals surface area (Å²) < 4.78 is 34.9. The van der Waals surface area contributed by atoms with Crippen molar-refractivity contribution in [3.05, 3.63) is 83.4 Å². The van der Waals surface area contributed by atoms with Crippen molar-refractivity contribution in [3.63, 3.8) is 0 Å². The van der Waals surface area contributed by atoms with Crippen molar-refractivity contribution in [2.24, 2.45) is 0 Å². The third-order valence-electron chi connectivity index (χ3n) is 5.00. The third-order valence-corrected chi connectivity index (χ3v) is 5.00. The average Bonchev–Trinajstić information content (AvgIpc) is 2.69. The van der Waals surface area contributed by atoms with E-state index in [1.807, 2.05) is 45.9 Å². The first-order chi connectivity index (χ1) is 13.7. The van der Waals surface area contributed by atoms with E-state index < -0.39 is 6.11 Å².